The van der Waals surface area contributed by atoms with E-state index < -0.39 is 0 Å². The number of carbonyl (C=O) groups excluding carboxylic acids is 1. The Bertz CT molecular complexity index is 1060. The molecule has 2 heterocycles. The minimum absolute atomic E-state index is 0.172. The Labute approximate surface area is 176 Å². The standard InChI is InChI=1S/C20H14N4OS3/c21-11-15-17(22)24(14-9-5-2-6-10-14)19(27-15)16-18(25)23(20(26)28-16)12-13-7-3-1-4-8-13/h1-10H,12,22H2/b19-16+. The van der Waals surface area contributed by atoms with Gasteiger partial charge in [-0.3, -0.25) is 14.6 Å². The molecular weight excluding hydrogens is 408 g/mol. The van der Waals surface area contributed by atoms with Crippen LogP contribution in [0, 0.1) is 11.3 Å². The van der Waals surface area contributed by atoms with Crippen molar-refractivity contribution in [3.8, 4) is 6.07 Å². The number of hydrogen-bond donors (Lipinski definition) is 1. The molecule has 2 N–H and O–H groups in total. The van der Waals surface area contributed by atoms with Crippen molar-refractivity contribution in [3.05, 3.63) is 86.9 Å². The Morgan fingerprint density at radius 3 is 2.32 bits per heavy atom. The minimum atomic E-state index is -0.172. The molecular formula is C20H14N4OS3. The Balaban J connectivity index is 1.73. The third-order valence-corrected chi connectivity index (χ3v) is 6.87. The SMILES string of the molecule is N#CC1=C(N)N(c2ccccc2)/C(=C2\SC(=S)N(Cc3ccccc3)C2=O)S1. The highest BCUT2D eigenvalue weighted by molar-refractivity contribution is 8.27. The normalized spacial score (nSPS) is 19.5. The van der Waals surface area contributed by atoms with Crippen LogP contribution in [0.15, 0.2) is 81.3 Å². The van der Waals surface area contributed by atoms with E-state index in [4.69, 9.17) is 18.0 Å². The predicted molar refractivity (Wildman–Crippen MR) is 118 cm³/mol. The summed E-state index contributed by atoms with van der Waals surface area (Å²) in [5, 5.41) is 10.1. The van der Waals surface area contributed by atoms with Crippen LogP contribution in [0.3, 0.4) is 0 Å². The fourth-order valence-electron chi connectivity index (χ4n) is 2.90. The summed E-state index contributed by atoms with van der Waals surface area (Å²) in [5.74, 6) is 0.149. The molecule has 1 amide bonds. The summed E-state index contributed by atoms with van der Waals surface area (Å²) in [6.45, 7) is 0.409. The third-order valence-electron chi connectivity index (χ3n) is 4.22. The van der Waals surface area contributed by atoms with Crippen molar-refractivity contribution in [1.29, 1.82) is 5.26 Å². The molecule has 2 aromatic rings. The predicted octanol–water partition coefficient (Wildman–Crippen LogP) is 4.12. The van der Waals surface area contributed by atoms with E-state index in [2.05, 4.69) is 6.07 Å². The second-order valence-electron chi connectivity index (χ2n) is 5.98. The summed E-state index contributed by atoms with van der Waals surface area (Å²) in [6, 6.07) is 21.3. The fraction of sp³-hybridized carbons (Fsp3) is 0.0500. The molecule has 0 unspecified atom stereocenters. The van der Waals surface area contributed by atoms with Crippen LogP contribution < -0.4 is 10.6 Å². The molecule has 1 saturated heterocycles. The Morgan fingerprint density at radius 2 is 1.68 bits per heavy atom. The molecule has 138 valence electrons. The van der Waals surface area contributed by atoms with E-state index in [1.807, 2.05) is 60.7 Å². The fourth-order valence-corrected chi connectivity index (χ4v) is 5.26. The van der Waals surface area contributed by atoms with Crippen LogP contribution in [0.2, 0.25) is 0 Å². The number of thiocarbonyl (C=S) groups is 1. The van der Waals surface area contributed by atoms with E-state index in [9.17, 15) is 10.1 Å². The van der Waals surface area contributed by atoms with Gasteiger partial charge in [-0.25, -0.2) is 0 Å². The van der Waals surface area contributed by atoms with Crippen LogP contribution in [0.25, 0.3) is 0 Å². The van der Waals surface area contributed by atoms with Gasteiger partial charge in [-0.2, -0.15) is 5.26 Å². The number of nitrogens with zero attached hydrogens (tertiary/aromatic N) is 3. The largest absolute Gasteiger partial charge is 0.383 e. The molecule has 1 fully saturated rings. The quantitative estimate of drug-likeness (QED) is 0.589. The molecule has 0 bridgehead atoms. The van der Waals surface area contributed by atoms with E-state index in [1.165, 1.54) is 23.5 Å². The lowest BCUT2D eigenvalue weighted by Gasteiger charge is -2.21. The first kappa shape index (κ1) is 18.6. The number of amides is 1. The Morgan fingerprint density at radius 1 is 1.04 bits per heavy atom. The smallest absolute Gasteiger partial charge is 0.269 e. The second kappa shape index (κ2) is 7.72. The van der Waals surface area contributed by atoms with Gasteiger partial charge in [0.25, 0.3) is 5.91 Å². The van der Waals surface area contributed by atoms with Gasteiger partial charge in [-0.15, -0.1) is 0 Å². The molecule has 0 aromatic heterocycles. The van der Waals surface area contributed by atoms with E-state index in [0.29, 0.717) is 31.5 Å². The third kappa shape index (κ3) is 3.29. The number of hydrogen-bond acceptors (Lipinski definition) is 7. The van der Waals surface area contributed by atoms with E-state index in [0.717, 1.165) is 11.3 Å². The Kier molecular flexibility index (Phi) is 5.13. The Hall–Kier alpha value is -2.73. The van der Waals surface area contributed by atoms with Gasteiger partial charge in [0.15, 0.2) is 0 Å². The lowest BCUT2D eigenvalue weighted by atomic mass is 10.2. The van der Waals surface area contributed by atoms with Gasteiger partial charge < -0.3 is 5.73 Å². The summed E-state index contributed by atoms with van der Waals surface area (Å²) < 4.78 is 0.494. The average molecular weight is 423 g/mol. The zero-order chi connectivity index (χ0) is 19.7. The first-order valence-corrected chi connectivity index (χ1v) is 10.4. The van der Waals surface area contributed by atoms with Crippen LogP contribution in [-0.4, -0.2) is 15.1 Å². The summed E-state index contributed by atoms with van der Waals surface area (Å²) in [4.78, 5) is 17.4. The number of benzene rings is 2. The molecule has 4 rings (SSSR count). The number of rotatable bonds is 3. The van der Waals surface area contributed by atoms with Crippen LogP contribution in [0.4, 0.5) is 5.69 Å². The van der Waals surface area contributed by atoms with Gasteiger partial charge in [0.1, 0.15) is 31.1 Å². The average Bonchev–Trinajstić information content (AvgIpc) is 3.20. The molecule has 0 aliphatic carbocycles. The number of nitriles is 1. The molecule has 28 heavy (non-hydrogen) atoms. The highest BCUT2D eigenvalue weighted by Crippen LogP contribution is 2.48. The second-order valence-corrected chi connectivity index (χ2v) is 8.62. The number of anilines is 1. The van der Waals surface area contributed by atoms with Crippen LogP contribution >= 0.6 is 35.7 Å². The molecule has 2 aromatic carbocycles. The van der Waals surface area contributed by atoms with Crippen molar-refractivity contribution in [1.82, 2.24) is 4.90 Å². The maximum atomic E-state index is 13.2. The molecule has 0 saturated carbocycles. The van der Waals surface area contributed by atoms with Gasteiger partial charge in [-0.1, -0.05) is 84.3 Å². The molecule has 2 aliphatic heterocycles. The number of carbonyl (C=O) groups is 1. The summed E-state index contributed by atoms with van der Waals surface area (Å²) >= 11 is 7.92. The van der Waals surface area contributed by atoms with Crippen LogP contribution in [0.5, 0.6) is 0 Å². The van der Waals surface area contributed by atoms with Crippen molar-refractivity contribution in [2.24, 2.45) is 5.73 Å². The maximum Gasteiger partial charge on any atom is 0.269 e. The van der Waals surface area contributed by atoms with Gasteiger partial charge in [0.2, 0.25) is 0 Å². The van der Waals surface area contributed by atoms with Crippen LogP contribution in [-0.2, 0) is 11.3 Å². The molecule has 2 aliphatic rings. The molecule has 8 heteroatoms. The topological polar surface area (TPSA) is 73.4 Å². The molecule has 0 atom stereocenters. The van der Waals surface area contributed by atoms with Gasteiger partial charge in [0.05, 0.1) is 6.54 Å². The monoisotopic (exact) mass is 422 g/mol. The number of thioether (sulfide) groups is 2. The molecule has 5 nitrogen and oxygen atoms in total. The van der Waals surface area contributed by atoms with Crippen molar-refractivity contribution >= 4 is 51.7 Å². The minimum Gasteiger partial charge on any atom is -0.383 e. The number of nitrogens with two attached hydrogens (primary N) is 1. The summed E-state index contributed by atoms with van der Waals surface area (Å²) in [7, 11) is 0. The number of para-hydroxylation sites is 1. The summed E-state index contributed by atoms with van der Waals surface area (Å²) in [6.07, 6.45) is 0. The van der Waals surface area contributed by atoms with Crippen molar-refractivity contribution in [2.45, 2.75) is 6.54 Å². The lowest BCUT2D eigenvalue weighted by Crippen LogP contribution is -2.29. The van der Waals surface area contributed by atoms with Crippen LogP contribution in [0.1, 0.15) is 5.56 Å². The molecule has 0 spiro atoms. The zero-order valence-electron chi connectivity index (χ0n) is 14.5. The number of allylic oxidation sites excluding steroid dienone is 1. The van der Waals surface area contributed by atoms with Gasteiger partial charge in [-0.05, 0) is 17.7 Å². The van der Waals surface area contributed by atoms with Crippen molar-refractivity contribution in [3.63, 3.8) is 0 Å². The lowest BCUT2D eigenvalue weighted by molar-refractivity contribution is -0.122. The zero-order valence-corrected chi connectivity index (χ0v) is 17.0. The van der Waals surface area contributed by atoms with Crippen molar-refractivity contribution < 1.29 is 4.79 Å². The highest BCUT2D eigenvalue weighted by atomic mass is 32.2. The van der Waals surface area contributed by atoms with Crippen molar-refractivity contribution in [2.75, 3.05) is 4.90 Å². The first-order valence-electron chi connectivity index (χ1n) is 8.35. The van der Waals surface area contributed by atoms with E-state index in [-0.39, 0.29) is 5.91 Å². The van der Waals surface area contributed by atoms with Gasteiger partial charge >= 0.3 is 0 Å². The van der Waals surface area contributed by atoms with E-state index in [1.54, 1.807) is 9.80 Å². The highest BCUT2D eigenvalue weighted by Gasteiger charge is 2.40. The van der Waals surface area contributed by atoms with Gasteiger partial charge in [0, 0.05) is 5.69 Å². The first-order chi connectivity index (χ1) is 13.6. The summed E-state index contributed by atoms with van der Waals surface area (Å²) in [5.41, 5.74) is 8.02. The maximum absolute atomic E-state index is 13.2. The van der Waals surface area contributed by atoms with E-state index >= 15 is 0 Å². The molecule has 0 radical (unpaired) electrons.